The van der Waals surface area contributed by atoms with Crippen LogP contribution in [0.2, 0.25) is 10.0 Å². The molecule has 6 nitrogen and oxygen atoms in total. The van der Waals surface area contributed by atoms with Crippen LogP contribution in [0.15, 0.2) is 66.9 Å². The largest absolute Gasteiger partial charge is 0.438 e. The molecule has 1 aliphatic heterocycles. The van der Waals surface area contributed by atoms with Gasteiger partial charge in [0.15, 0.2) is 0 Å². The summed E-state index contributed by atoms with van der Waals surface area (Å²) in [6, 6.07) is 17.9. The monoisotopic (exact) mass is 482 g/mol. The van der Waals surface area contributed by atoms with Crippen molar-refractivity contribution in [2.75, 3.05) is 5.32 Å². The fourth-order valence-electron chi connectivity index (χ4n) is 3.39. The maximum atomic E-state index is 13.3. The van der Waals surface area contributed by atoms with Gasteiger partial charge in [-0.1, -0.05) is 47.5 Å². The average Bonchev–Trinajstić information content (AvgIpc) is 3.39. The van der Waals surface area contributed by atoms with Gasteiger partial charge in [0.2, 0.25) is 5.88 Å². The van der Waals surface area contributed by atoms with Crippen LogP contribution in [0, 0.1) is 0 Å². The molecule has 0 saturated carbocycles. The maximum absolute atomic E-state index is 13.3. The first-order chi connectivity index (χ1) is 15.6. The van der Waals surface area contributed by atoms with E-state index >= 15 is 0 Å². The molecule has 0 atom stereocenters. The van der Waals surface area contributed by atoms with E-state index in [1.54, 1.807) is 59.0 Å². The molecule has 0 bridgehead atoms. The summed E-state index contributed by atoms with van der Waals surface area (Å²) in [4.78, 5) is 17.6. The molecule has 0 aliphatic carbocycles. The molecule has 0 unspecified atom stereocenters. The molecule has 1 aliphatic rings. The van der Waals surface area contributed by atoms with E-state index in [-0.39, 0.29) is 11.8 Å². The molecule has 0 fully saturated rings. The Balaban J connectivity index is 1.52. The number of amides is 1. The lowest BCUT2D eigenvalue weighted by molar-refractivity contribution is 0.102. The Bertz CT molecular complexity index is 1310. The third kappa shape index (κ3) is 3.95. The smallest absolute Gasteiger partial charge is 0.262 e. The predicted octanol–water partition coefficient (Wildman–Crippen LogP) is 6.37. The van der Waals surface area contributed by atoms with Gasteiger partial charge in [-0.2, -0.15) is 16.9 Å². The molecule has 2 aromatic heterocycles. The number of thioether (sulfide) groups is 1. The number of fused-ring (bicyclic) bond motifs is 1. The Morgan fingerprint density at radius 1 is 1.03 bits per heavy atom. The Labute approximate surface area is 198 Å². The van der Waals surface area contributed by atoms with Crippen molar-refractivity contribution in [3.05, 3.63) is 93.7 Å². The lowest BCUT2D eigenvalue weighted by Crippen LogP contribution is -2.17. The number of ether oxygens (including phenoxy) is 1. The summed E-state index contributed by atoms with van der Waals surface area (Å²) in [7, 11) is 0. The molecule has 0 radical (unpaired) electrons. The summed E-state index contributed by atoms with van der Waals surface area (Å²) in [6.07, 6.45) is 1.58. The lowest BCUT2D eigenvalue weighted by atomic mass is 10.2. The number of rotatable bonds is 5. The molecule has 1 amide bonds. The first-order valence-corrected chi connectivity index (χ1v) is 11.6. The highest BCUT2D eigenvalue weighted by Crippen LogP contribution is 2.39. The van der Waals surface area contributed by atoms with Gasteiger partial charge in [-0.3, -0.25) is 4.79 Å². The van der Waals surface area contributed by atoms with Crippen LogP contribution < -0.4 is 10.1 Å². The van der Waals surface area contributed by atoms with Crippen LogP contribution >= 0.6 is 35.0 Å². The van der Waals surface area contributed by atoms with Gasteiger partial charge in [-0.15, -0.1) is 0 Å². The molecule has 5 rings (SSSR count). The molecule has 0 saturated heterocycles. The van der Waals surface area contributed by atoms with Gasteiger partial charge >= 0.3 is 0 Å². The van der Waals surface area contributed by atoms with Crippen LogP contribution in [0.5, 0.6) is 11.6 Å². The summed E-state index contributed by atoms with van der Waals surface area (Å²) < 4.78 is 7.50. The highest BCUT2D eigenvalue weighted by atomic mass is 35.5. The number of hydrogen-bond acceptors (Lipinski definition) is 5. The minimum atomic E-state index is -0.358. The Morgan fingerprint density at radius 2 is 1.88 bits per heavy atom. The van der Waals surface area contributed by atoms with Gasteiger partial charge in [-0.25, -0.2) is 9.67 Å². The molecule has 1 N–H and O–H groups in total. The van der Waals surface area contributed by atoms with Crippen LogP contribution in [-0.2, 0) is 11.5 Å². The van der Waals surface area contributed by atoms with Crippen LogP contribution in [0.4, 0.5) is 5.82 Å². The van der Waals surface area contributed by atoms with Crippen molar-refractivity contribution >= 4 is 46.7 Å². The molecule has 4 aromatic rings. The van der Waals surface area contributed by atoms with Crippen molar-refractivity contribution in [2.24, 2.45) is 0 Å². The highest BCUT2D eigenvalue weighted by Gasteiger charge is 2.27. The SMILES string of the molecule is O=C(Nc1c2c(nn1-c1cccc(Cl)c1Cl)CSC2)c1cccnc1Oc1ccccc1. The van der Waals surface area contributed by atoms with Crippen molar-refractivity contribution in [1.29, 1.82) is 0 Å². The molecule has 0 spiro atoms. The standard InChI is InChI=1S/C23H16Cl2N4O2S/c24-17-9-4-10-19(20(17)25)29-21(16-12-32-13-18(16)28-29)27-22(30)15-8-5-11-26-23(15)31-14-6-2-1-3-7-14/h1-11H,12-13H2,(H,27,30). The van der Waals surface area contributed by atoms with Gasteiger partial charge < -0.3 is 10.1 Å². The number of carbonyl (C=O) groups excluding carboxylic acids is 1. The van der Waals surface area contributed by atoms with Gasteiger partial charge in [0, 0.05) is 23.3 Å². The van der Waals surface area contributed by atoms with Gasteiger partial charge in [-0.05, 0) is 36.4 Å². The molecule has 160 valence electrons. The predicted molar refractivity (Wildman–Crippen MR) is 127 cm³/mol. The van der Waals surface area contributed by atoms with E-state index in [9.17, 15) is 4.79 Å². The zero-order chi connectivity index (χ0) is 22.1. The fourth-order valence-corrected chi connectivity index (χ4v) is 4.80. The molecule has 9 heteroatoms. The first kappa shape index (κ1) is 20.9. The van der Waals surface area contributed by atoms with E-state index < -0.39 is 0 Å². The molecule has 2 aromatic carbocycles. The topological polar surface area (TPSA) is 69.0 Å². The number of carbonyl (C=O) groups is 1. The number of pyridine rings is 1. The first-order valence-electron chi connectivity index (χ1n) is 9.74. The van der Waals surface area contributed by atoms with Crippen LogP contribution in [0.3, 0.4) is 0 Å². The van der Waals surface area contributed by atoms with Crippen molar-refractivity contribution in [3.8, 4) is 17.3 Å². The third-order valence-corrected chi connectivity index (χ3v) is 6.70. The molecule has 3 heterocycles. The second-order valence-corrected chi connectivity index (χ2v) is 8.75. The van der Waals surface area contributed by atoms with Crippen molar-refractivity contribution in [1.82, 2.24) is 14.8 Å². The Morgan fingerprint density at radius 3 is 2.72 bits per heavy atom. The quantitative estimate of drug-likeness (QED) is 0.358. The van der Waals surface area contributed by atoms with Gasteiger partial charge in [0.05, 0.1) is 21.4 Å². The van der Waals surface area contributed by atoms with E-state index in [1.807, 2.05) is 24.3 Å². The minimum absolute atomic E-state index is 0.217. The number of hydrogen-bond donors (Lipinski definition) is 1. The summed E-state index contributed by atoms with van der Waals surface area (Å²) >= 11 is 14.4. The second-order valence-electron chi connectivity index (χ2n) is 6.98. The number of halogens is 2. The summed E-state index contributed by atoms with van der Waals surface area (Å²) in [6.45, 7) is 0. The average molecular weight is 483 g/mol. The molecular weight excluding hydrogens is 467 g/mol. The van der Waals surface area contributed by atoms with E-state index in [0.29, 0.717) is 32.9 Å². The summed E-state index contributed by atoms with van der Waals surface area (Å²) in [5.41, 5.74) is 2.78. The zero-order valence-corrected chi connectivity index (χ0v) is 18.9. The Hall–Kier alpha value is -3.00. The van der Waals surface area contributed by atoms with E-state index in [0.717, 1.165) is 22.8 Å². The van der Waals surface area contributed by atoms with Crippen LogP contribution in [-0.4, -0.2) is 20.7 Å². The van der Waals surface area contributed by atoms with Gasteiger partial charge in [0.1, 0.15) is 17.1 Å². The maximum Gasteiger partial charge on any atom is 0.262 e. The number of aromatic nitrogens is 3. The zero-order valence-electron chi connectivity index (χ0n) is 16.6. The van der Waals surface area contributed by atoms with E-state index in [1.165, 1.54) is 0 Å². The van der Waals surface area contributed by atoms with E-state index in [4.69, 9.17) is 33.0 Å². The molecule has 32 heavy (non-hydrogen) atoms. The number of nitrogens with one attached hydrogen (secondary N) is 1. The third-order valence-electron chi connectivity index (χ3n) is 4.92. The fraction of sp³-hybridized carbons (Fsp3) is 0.0870. The number of benzene rings is 2. The second kappa shape index (κ2) is 8.86. The summed E-state index contributed by atoms with van der Waals surface area (Å²) in [5, 5.41) is 8.48. The normalized spacial score (nSPS) is 12.4. The number of nitrogens with zero attached hydrogens (tertiary/aromatic N) is 3. The Kier molecular flexibility index (Phi) is 5.78. The lowest BCUT2D eigenvalue weighted by Gasteiger charge is -2.14. The van der Waals surface area contributed by atoms with Crippen LogP contribution in [0.25, 0.3) is 5.69 Å². The summed E-state index contributed by atoms with van der Waals surface area (Å²) in [5.74, 6) is 2.52. The number of para-hydroxylation sites is 1. The van der Waals surface area contributed by atoms with Crippen molar-refractivity contribution < 1.29 is 9.53 Å². The van der Waals surface area contributed by atoms with Crippen molar-refractivity contribution in [2.45, 2.75) is 11.5 Å². The molecular formula is C23H16Cl2N4O2S. The van der Waals surface area contributed by atoms with Crippen molar-refractivity contribution in [3.63, 3.8) is 0 Å². The minimum Gasteiger partial charge on any atom is -0.438 e. The van der Waals surface area contributed by atoms with Gasteiger partial charge in [0.25, 0.3) is 5.91 Å². The van der Waals surface area contributed by atoms with E-state index in [2.05, 4.69) is 10.3 Å². The van der Waals surface area contributed by atoms with Crippen LogP contribution in [0.1, 0.15) is 21.6 Å². The highest BCUT2D eigenvalue weighted by molar-refractivity contribution is 7.98. The number of anilines is 1.